The van der Waals surface area contributed by atoms with E-state index >= 15 is 0 Å². The summed E-state index contributed by atoms with van der Waals surface area (Å²) in [6.07, 6.45) is 3.20. The minimum Gasteiger partial charge on any atom is -0.504 e. The molecule has 0 aromatic heterocycles. The molecule has 1 unspecified atom stereocenters. The zero-order chi connectivity index (χ0) is 12.0. The van der Waals surface area contributed by atoms with Crippen LogP contribution < -0.4 is 5.32 Å². The van der Waals surface area contributed by atoms with Crippen LogP contribution in [-0.2, 0) is 6.54 Å². The maximum Gasteiger partial charge on any atom is 0.161 e. The minimum atomic E-state index is -0.0585. The lowest BCUT2D eigenvalue weighted by atomic mass is 10.2. The number of nitrogens with one attached hydrogen (secondary N) is 1. The fourth-order valence-corrected chi connectivity index (χ4v) is 1.72. The van der Waals surface area contributed by atoms with E-state index in [-0.39, 0.29) is 11.5 Å². The molecule has 90 valence electrons. The average molecular weight is 241 g/mol. The van der Waals surface area contributed by atoms with E-state index in [2.05, 4.69) is 18.5 Å². The molecule has 0 aliphatic heterocycles. The van der Waals surface area contributed by atoms with Gasteiger partial charge in [0.15, 0.2) is 11.5 Å². The highest BCUT2D eigenvalue weighted by Crippen LogP contribution is 2.27. The Morgan fingerprint density at radius 1 is 1.38 bits per heavy atom. The fourth-order valence-electron chi connectivity index (χ4n) is 1.37. The van der Waals surface area contributed by atoms with Gasteiger partial charge in [0.05, 0.1) is 0 Å². The zero-order valence-electron chi connectivity index (χ0n) is 9.73. The number of phenols is 2. The van der Waals surface area contributed by atoms with Gasteiger partial charge in [0, 0.05) is 17.4 Å². The lowest BCUT2D eigenvalue weighted by Gasteiger charge is -2.10. The standard InChI is InChI=1S/C12H19NO2S/c1-9(16-2)6-7-13-8-10-4-3-5-11(14)12(10)15/h3-5,9,13-15H,6-8H2,1-2H3. The van der Waals surface area contributed by atoms with Gasteiger partial charge in [-0.2, -0.15) is 11.8 Å². The normalized spacial score (nSPS) is 12.6. The van der Waals surface area contributed by atoms with Crippen LogP contribution in [-0.4, -0.2) is 28.3 Å². The fraction of sp³-hybridized carbons (Fsp3) is 0.500. The first-order valence-corrected chi connectivity index (χ1v) is 6.67. The van der Waals surface area contributed by atoms with Gasteiger partial charge < -0.3 is 15.5 Å². The van der Waals surface area contributed by atoms with Crippen molar-refractivity contribution in [1.82, 2.24) is 5.32 Å². The molecule has 0 saturated heterocycles. The van der Waals surface area contributed by atoms with Crippen molar-refractivity contribution in [3.63, 3.8) is 0 Å². The van der Waals surface area contributed by atoms with Crippen molar-refractivity contribution >= 4 is 11.8 Å². The first-order chi connectivity index (χ1) is 7.65. The van der Waals surface area contributed by atoms with Crippen LogP contribution in [0.25, 0.3) is 0 Å². The highest BCUT2D eigenvalue weighted by molar-refractivity contribution is 7.99. The number of phenolic OH excluding ortho intramolecular Hbond substituents is 2. The van der Waals surface area contributed by atoms with Crippen molar-refractivity contribution in [2.24, 2.45) is 0 Å². The molecular formula is C12H19NO2S. The Bertz CT molecular complexity index is 331. The molecule has 3 nitrogen and oxygen atoms in total. The van der Waals surface area contributed by atoms with Crippen LogP contribution in [0.1, 0.15) is 18.9 Å². The van der Waals surface area contributed by atoms with Crippen molar-refractivity contribution < 1.29 is 10.2 Å². The molecule has 0 fully saturated rings. The van der Waals surface area contributed by atoms with E-state index in [4.69, 9.17) is 0 Å². The van der Waals surface area contributed by atoms with Crippen LogP contribution in [0.4, 0.5) is 0 Å². The highest BCUT2D eigenvalue weighted by atomic mass is 32.2. The maximum absolute atomic E-state index is 9.56. The number of rotatable bonds is 6. The molecule has 4 heteroatoms. The van der Waals surface area contributed by atoms with Gasteiger partial charge in [-0.1, -0.05) is 19.1 Å². The molecule has 0 saturated carbocycles. The third kappa shape index (κ3) is 3.94. The number of hydrogen-bond donors (Lipinski definition) is 3. The van der Waals surface area contributed by atoms with Crippen molar-refractivity contribution in [3.8, 4) is 11.5 Å². The summed E-state index contributed by atoms with van der Waals surface area (Å²) < 4.78 is 0. The summed E-state index contributed by atoms with van der Waals surface area (Å²) in [6, 6.07) is 5.02. The molecule has 0 heterocycles. The molecule has 0 aliphatic carbocycles. The quantitative estimate of drug-likeness (QED) is 0.528. The average Bonchev–Trinajstić information content (AvgIpc) is 2.29. The molecule has 0 spiro atoms. The van der Waals surface area contributed by atoms with Gasteiger partial charge in [0.25, 0.3) is 0 Å². The molecule has 1 rings (SSSR count). The monoisotopic (exact) mass is 241 g/mol. The minimum absolute atomic E-state index is 0.0204. The maximum atomic E-state index is 9.56. The van der Waals surface area contributed by atoms with Gasteiger partial charge in [-0.25, -0.2) is 0 Å². The van der Waals surface area contributed by atoms with E-state index in [1.54, 1.807) is 12.1 Å². The molecule has 16 heavy (non-hydrogen) atoms. The van der Waals surface area contributed by atoms with Crippen LogP contribution in [0, 0.1) is 0 Å². The second-order valence-corrected chi connectivity index (χ2v) is 5.07. The molecule has 0 radical (unpaired) electrons. The number of benzene rings is 1. The second kappa shape index (κ2) is 6.66. The zero-order valence-corrected chi connectivity index (χ0v) is 10.5. The predicted octanol–water partition coefficient (Wildman–Crippen LogP) is 2.33. The van der Waals surface area contributed by atoms with E-state index in [9.17, 15) is 10.2 Å². The Kier molecular flexibility index (Phi) is 5.49. The number of thioether (sulfide) groups is 1. The summed E-state index contributed by atoms with van der Waals surface area (Å²) in [5.41, 5.74) is 0.733. The van der Waals surface area contributed by atoms with Gasteiger partial charge >= 0.3 is 0 Å². The van der Waals surface area contributed by atoms with Crippen LogP contribution in [0.5, 0.6) is 11.5 Å². The number of hydrogen-bond acceptors (Lipinski definition) is 4. The van der Waals surface area contributed by atoms with Gasteiger partial charge in [-0.15, -0.1) is 0 Å². The van der Waals surface area contributed by atoms with Gasteiger partial charge in [0.2, 0.25) is 0 Å². The molecular weight excluding hydrogens is 222 g/mol. The van der Waals surface area contributed by atoms with Crippen molar-refractivity contribution in [3.05, 3.63) is 23.8 Å². The lowest BCUT2D eigenvalue weighted by Crippen LogP contribution is -2.17. The lowest BCUT2D eigenvalue weighted by molar-refractivity contribution is 0.397. The Balaban J connectivity index is 2.35. The summed E-state index contributed by atoms with van der Waals surface area (Å²) >= 11 is 1.85. The molecule has 1 aromatic rings. The third-order valence-corrected chi connectivity index (χ3v) is 3.58. The van der Waals surface area contributed by atoms with Crippen LogP contribution in [0.15, 0.2) is 18.2 Å². The summed E-state index contributed by atoms with van der Waals surface area (Å²) in [5.74, 6) is -0.0790. The van der Waals surface area contributed by atoms with Gasteiger partial charge in [0.1, 0.15) is 0 Å². The first-order valence-electron chi connectivity index (χ1n) is 5.38. The Morgan fingerprint density at radius 3 is 2.81 bits per heavy atom. The smallest absolute Gasteiger partial charge is 0.161 e. The van der Waals surface area contributed by atoms with E-state index in [0.29, 0.717) is 11.8 Å². The Hall–Kier alpha value is -0.870. The molecule has 0 aliphatic rings. The Labute approximate surface area is 101 Å². The largest absolute Gasteiger partial charge is 0.504 e. The van der Waals surface area contributed by atoms with E-state index < -0.39 is 0 Å². The van der Waals surface area contributed by atoms with E-state index in [1.807, 2.05) is 11.8 Å². The van der Waals surface area contributed by atoms with Crippen LogP contribution in [0.2, 0.25) is 0 Å². The molecule has 1 aromatic carbocycles. The molecule has 3 N–H and O–H groups in total. The van der Waals surface area contributed by atoms with Gasteiger partial charge in [-0.05, 0) is 25.3 Å². The molecule has 0 bridgehead atoms. The summed E-state index contributed by atoms with van der Waals surface area (Å²) in [6.45, 7) is 3.69. The van der Waals surface area contributed by atoms with Crippen molar-refractivity contribution in [2.75, 3.05) is 12.8 Å². The number of aromatic hydroxyl groups is 2. The summed E-state index contributed by atoms with van der Waals surface area (Å²) in [7, 11) is 0. The molecule has 1 atom stereocenters. The highest BCUT2D eigenvalue weighted by Gasteiger charge is 2.05. The third-order valence-electron chi connectivity index (χ3n) is 2.54. The van der Waals surface area contributed by atoms with Crippen molar-refractivity contribution in [1.29, 1.82) is 0 Å². The van der Waals surface area contributed by atoms with Crippen molar-refractivity contribution in [2.45, 2.75) is 25.1 Å². The number of para-hydroxylation sites is 1. The van der Waals surface area contributed by atoms with E-state index in [1.165, 1.54) is 6.07 Å². The summed E-state index contributed by atoms with van der Waals surface area (Å²) in [5, 5.41) is 22.8. The van der Waals surface area contributed by atoms with Gasteiger partial charge in [-0.3, -0.25) is 0 Å². The predicted molar refractivity (Wildman–Crippen MR) is 69.1 cm³/mol. The molecule has 0 amide bonds. The Morgan fingerprint density at radius 2 is 2.12 bits per heavy atom. The first kappa shape index (κ1) is 13.2. The topological polar surface area (TPSA) is 52.5 Å². The van der Waals surface area contributed by atoms with Crippen LogP contribution >= 0.6 is 11.8 Å². The SMILES string of the molecule is CSC(C)CCNCc1cccc(O)c1O. The van der Waals surface area contributed by atoms with E-state index in [0.717, 1.165) is 18.5 Å². The van der Waals surface area contributed by atoms with Crippen LogP contribution in [0.3, 0.4) is 0 Å². The second-order valence-electron chi connectivity index (χ2n) is 3.80. The summed E-state index contributed by atoms with van der Waals surface area (Å²) in [4.78, 5) is 0.